The highest BCUT2D eigenvalue weighted by Crippen LogP contribution is 2.39. The van der Waals surface area contributed by atoms with Gasteiger partial charge in [0, 0.05) is 49.8 Å². The molecule has 1 amide bonds. The van der Waals surface area contributed by atoms with Gasteiger partial charge in [-0.15, -0.1) is 0 Å². The van der Waals surface area contributed by atoms with E-state index in [9.17, 15) is 4.79 Å². The maximum absolute atomic E-state index is 15.7. The Hall–Kier alpha value is -3.36. The van der Waals surface area contributed by atoms with E-state index >= 15 is 4.39 Å². The number of halogens is 1. The summed E-state index contributed by atoms with van der Waals surface area (Å²) < 4.78 is 15.7. The largest absolute Gasteiger partial charge is 0.356 e. The molecular weight excluding hydrogens is 407 g/mol. The van der Waals surface area contributed by atoms with Crippen molar-refractivity contribution in [1.82, 2.24) is 20.1 Å². The number of anilines is 1. The van der Waals surface area contributed by atoms with Crippen molar-refractivity contribution in [1.29, 1.82) is 0 Å². The average molecular weight is 435 g/mol. The van der Waals surface area contributed by atoms with Gasteiger partial charge in [-0.25, -0.2) is 0 Å². The van der Waals surface area contributed by atoms with Crippen LogP contribution in [0, 0.1) is 0 Å². The van der Waals surface area contributed by atoms with Crippen molar-refractivity contribution in [2.75, 3.05) is 38.1 Å². The molecule has 2 atom stereocenters. The number of aromatic nitrogens is 1. The first-order valence-electron chi connectivity index (χ1n) is 10.8. The van der Waals surface area contributed by atoms with Gasteiger partial charge in [0.25, 0.3) is 11.8 Å². The van der Waals surface area contributed by atoms with Gasteiger partial charge in [-0.1, -0.05) is 30.3 Å². The fraction of sp³-hybridized carbons (Fsp3) is 0.292. The Kier molecular flexibility index (Phi) is 5.11. The van der Waals surface area contributed by atoms with E-state index in [0.29, 0.717) is 30.0 Å². The molecule has 8 heteroatoms. The van der Waals surface area contributed by atoms with Gasteiger partial charge in [0.1, 0.15) is 6.04 Å². The molecule has 3 aromatic rings. The van der Waals surface area contributed by atoms with Crippen molar-refractivity contribution in [2.24, 2.45) is 5.73 Å². The number of aromatic amines is 1. The summed E-state index contributed by atoms with van der Waals surface area (Å²) >= 11 is 0. The van der Waals surface area contributed by atoms with Crippen LogP contribution in [0.5, 0.6) is 0 Å². The zero-order valence-electron chi connectivity index (χ0n) is 18.0. The molecule has 4 N–H and O–H groups in total. The van der Waals surface area contributed by atoms with Crippen LogP contribution in [0.4, 0.5) is 10.1 Å². The van der Waals surface area contributed by atoms with Crippen molar-refractivity contribution in [2.45, 2.75) is 12.0 Å². The summed E-state index contributed by atoms with van der Waals surface area (Å²) in [5, 5.41) is 3.60. The highest BCUT2D eigenvalue weighted by molar-refractivity contribution is 6.00. The van der Waals surface area contributed by atoms with Gasteiger partial charge in [-0.3, -0.25) is 10.5 Å². The van der Waals surface area contributed by atoms with Crippen molar-refractivity contribution < 1.29 is 9.18 Å². The van der Waals surface area contributed by atoms with Gasteiger partial charge in [0.2, 0.25) is 0 Å². The van der Waals surface area contributed by atoms with Crippen LogP contribution >= 0.6 is 0 Å². The molecule has 2 aliphatic heterocycles. The summed E-state index contributed by atoms with van der Waals surface area (Å²) in [6.45, 7) is 2.98. The zero-order valence-corrected chi connectivity index (χ0v) is 18.0. The van der Waals surface area contributed by atoms with Crippen LogP contribution in [0.25, 0.3) is 10.9 Å². The number of fused-ring (bicyclic) bond motifs is 1. The predicted octanol–water partition coefficient (Wildman–Crippen LogP) is 2.76. The number of carbonyl (C=O) groups excluding carboxylic acids is 1. The van der Waals surface area contributed by atoms with Crippen molar-refractivity contribution >= 4 is 22.5 Å². The normalized spacial score (nSPS) is 24.0. The summed E-state index contributed by atoms with van der Waals surface area (Å²) in [7, 11) is 2.05. The SMILES string of the molecule is CN1CCN(C(=O)c2ccccc2N2C=CNC(N)(F)C2c2cc3ccccc3[nH]2)CC1. The molecule has 0 radical (unpaired) electrons. The number of piperazine rings is 1. The Morgan fingerprint density at radius 1 is 1.09 bits per heavy atom. The lowest BCUT2D eigenvalue weighted by molar-refractivity contribution is 0.0662. The number of carbonyl (C=O) groups is 1. The second kappa shape index (κ2) is 7.96. The Bertz CT molecular complexity index is 1130. The first kappa shape index (κ1) is 20.5. The highest BCUT2D eigenvalue weighted by Gasteiger charge is 2.44. The second-order valence-corrected chi connectivity index (χ2v) is 8.46. The molecule has 32 heavy (non-hydrogen) atoms. The van der Waals surface area contributed by atoms with Gasteiger partial charge >= 0.3 is 0 Å². The maximum atomic E-state index is 15.7. The smallest absolute Gasteiger partial charge is 0.259 e. The van der Waals surface area contributed by atoms with E-state index in [1.807, 2.05) is 60.5 Å². The number of hydrogen-bond acceptors (Lipinski definition) is 5. The summed E-state index contributed by atoms with van der Waals surface area (Å²) in [5.41, 5.74) is 8.76. The number of H-pyrrole nitrogens is 1. The first-order valence-corrected chi connectivity index (χ1v) is 10.8. The van der Waals surface area contributed by atoms with Crippen LogP contribution in [0.2, 0.25) is 0 Å². The van der Waals surface area contributed by atoms with Crippen LogP contribution in [-0.4, -0.2) is 59.8 Å². The standard InChI is InChI=1S/C24H27FN6O/c1-29-12-14-30(15-13-29)23(32)18-7-3-5-9-21(18)31-11-10-27-24(25,26)22(31)20-16-17-6-2-4-8-19(17)28-20/h2-11,16,22,27-28H,12-15,26H2,1H3. The topological polar surface area (TPSA) is 80.6 Å². The number of rotatable bonds is 3. The molecule has 0 bridgehead atoms. The Morgan fingerprint density at radius 2 is 1.81 bits per heavy atom. The van der Waals surface area contributed by atoms with Crippen LogP contribution in [-0.2, 0) is 0 Å². The summed E-state index contributed by atoms with van der Waals surface area (Å²) in [6.07, 6.45) is 3.22. The molecule has 7 nitrogen and oxygen atoms in total. The van der Waals surface area contributed by atoms with E-state index in [0.717, 1.165) is 24.0 Å². The van der Waals surface area contributed by atoms with Crippen LogP contribution < -0.4 is 16.0 Å². The van der Waals surface area contributed by atoms with Gasteiger partial charge in [0.05, 0.1) is 11.3 Å². The maximum Gasteiger partial charge on any atom is 0.259 e. The minimum atomic E-state index is -2.25. The summed E-state index contributed by atoms with van der Waals surface area (Å²) in [5.74, 6) is -2.31. The van der Waals surface area contributed by atoms with Gasteiger partial charge in [0.15, 0.2) is 0 Å². The summed E-state index contributed by atoms with van der Waals surface area (Å²) in [6, 6.07) is 16.1. The molecule has 0 spiro atoms. The number of para-hydroxylation sites is 2. The van der Waals surface area contributed by atoms with Crippen LogP contribution in [0.1, 0.15) is 22.1 Å². The molecule has 1 aromatic heterocycles. The lowest BCUT2D eigenvalue weighted by Crippen LogP contribution is -2.59. The lowest BCUT2D eigenvalue weighted by atomic mass is 10.0. The number of hydrogen-bond donors (Lipinski definition) is 3. The van der Waals surface area contributed by atoms with E-state index in [4.69, 9.17) is 5.73 Å². The quantitative estimate of drug-likeness (QED) is 0.553. The minimum Gasteiger partial charge on any atom is -0.356 e. The molecule has 5 rings (SSSR count). The molecule has 1 fully saturated rings. The molecule has 2 unspecified atom stereocenters. The van der Waals surface area contributed by atoms with Gasteiger partial charge in [-0.05, 0) is 36.7 Å². The number of nitrogens with zero attached hydrogens (tertiary/aromatic N) is 3. The number of benzene rings is 2. The molecule has 166 valence electrons. The highest BCUT2D eigenvalue weighted by atomic mass is 19.1. The second-order valence-electron chi connectivity index (χ2n) is 8.46. The summed E-state index contributed by atoms with van der Waals surface area (Å²) in [4.78, 5) is 22.5. The van der Waals surface area contributed by atoms with E-state index < -0.39 is 12.0 Å². The molecular formula is C24H27FN6O. The van der Waals surface area contributed by atoms with E-state index in [-0.39, 0.29) is 5.91 Å². The van der Waals surface area contributed by atoms with Crippen molar-refractivity contribution in [3.8, 4) is 0 Å². The number of nitrogens with one attached hydrogen (secondary N) is 2. The minimum absolute atomic E-state index is 0.0579. The number of nitrogens with two attached hydrogens (primary N) is 1. The van der Waals surface area contributed by atoms with E-state index in [2.05, 4.69) is 15.2 Å². The predicted molar refractivity (Wildman–Crippen MR) is 124 cm³/mol. The number of likely N-dealkylation sites (N-methyl/N-ethyl adjacent to an activating group) is 1. The number of alkyl halides is 1. The Balaban J connectivity index is 1.56. The average Bonchev–Trinajstić information content (AvgIpc) is 3.22. The third kappa shape index (κ3) is 3.61. The van der Waals surface area contributed by atoms with Crippen LogP contribution in [0.3, 0.4) is 0 Å². The molecule has 3 heterocycles. The monoisotopic (exact) mass is 434 g/mol. The van der Waals surface area contributed by atoms with Gasteiger partial charge < -0.3 is 25.0 Å². The molecule has 0 saturated carbocycles. The van der Waals surface area contributed by atoms with Crippen molar-refractivity contribution in [3.05, 3.63) is 78.3 Å². The third-order valence-electron chi connectivity index (χ3n) is 6.26. The fourth-order valence-corrected chi connectivity index (χ4v) is 4.51. The molecule has 1 saturated heterocycles. The van der Waals surface area contributed by atoms with Gasteiger partial charge in [-0.2, -0.15) is 4.39 Å². The van der Waals surface area contributed by atoms with Crippen molar-refractivity contribution in [3.63, 3.8) is 0 Å². The van der Waals surface area contributed by atoms with Crippen LogP contribution in [0.15, 0.2) is 67.0 Å². The Labute approximate surface area is 186 Å². The fourth-order valence-electron chi connectivity index (χ4n) is 4.51. The molecule has 0 aliphatic carbocycles. The third-order valence-corrected chi connectivity index (χ3v) is 6.26. The number of amides is 1. The van der Waals surface area contributed by atoms with E-state index in [1.54, 1.807) is 17.2 Å². The Morgan fingerprint density at radius 3 is 2.59 bits per heavy atom. The zero-order chi connectivity index (χ0) is 22.3. The lowest BCUT2D eigenvalue weighted by Gasteiger charge is -2.42. The first-order chi connectivity index (χ1) is 15.4. The van der Waals surface area contributed by atoms with E-state index in [1.165, 1.54) is 6.20 Å². The molecule has 2 aromatic carbocycles. The molecule has 2 aliphatic rings.